The summed E-state index contributed by atoms with van der Waals surface area (Å²) >= 11 is 0.936. The van der Waals surface area contributed by atoms with Crippen LogP contribution in [0.2, 0.25) is 0 Å². The van der Waals surface area contributed by atoms with Crippen LogP contribution in [0, 0.1) is 5.41 Å². The lowest BCUT2D eigenvalue weighted by atomic mass is 9.92. The average molecular weight is 725 g/mol. The van der Waals surface area contributed by atoms with Gasteiger partial charge in [0.25, 0.3) is 11.8 Å². The molecule has 3 aromatic rings. The molecule has 0 aromatic carbocycles. The molecular formula is C26H32N10O11S2. The first-order valence-corrected chi connectivity index (χ1v) is 16.5. The van der Waals surface area contributed by atoms with E-state index in [0.717, 1.165) is 28.2 Å². The second-order valence-corrected chi connectivity index (χ2v) is 14.7. The van der Waals surface area contributed by atoms with Crippen molar-refractivity contribution >= 4 is 56.2 Å². The van der Waals surface area contributed by atoms with Crippen molar-refractivity contribution in [3.05, 3.63) is 44.0 Å². The molecule has 4 rings (SSSR count). The lowest BCUT2D eigenvalue weighted by Crippen LogP contribution is -2.68. The maximum absolute atomic E-state index is 13.3. The van der Waals surface area contributed by atoms with E-state index in [-0.39, 0.29) is 38.4 Å². The zero-order valence-corrected chi connectivity index (χ0v) is 28.2. The fraction of sp³-hybridized carbons (Fsp3) is 0.423. The summed E-state index contributed by atoms with van der Waals surface area (Å²) in [5.74, 6) is -4.42. The highest BCUT2D eigenvalue weighted by Crippen LogP contribution is 2.22. The van der Waals surface area contributed by atoms with Crippen molar-refractivity contribution in [3.63, 3.8) is 0 Å². The molecule has 0 radical (unpaired) electrons. The molecule has 1 atom stereocenters. The van der Waals surface area contributed by atoms with Gasteiger partial charge >= 0.3 is 27.9 Å². The second-order valence-electron chi connectivity index (χ2n) is 12.3. The Hall–Kier alpha value is -5.58. The third-order valence-corrected chi connectivity index (χ3v) is 8.64. The smallest absolute Gasteiger partial charge is 0.362 e. The standard InChI is InChI=1S/C26H32N10O11S2/c1-25(2,3)6-7-34-18(12-8-15(37)16(38)9-28-12)31-36(24(34)44)49(45,46)33-23(43)35-10-13(20(35)40)29-19(39)17(14-11-48-22(27)30-14)32-47-26(4,5)21(41)42/h8-9,11,13,38H,6-7,10H2,1-5H3,(H2,27,30)(H,28,37)(H,29,39)(H,33,43)(H,41,42)/t13-/m0/s1. The largest absolute Gasteiger partial charge is 0.503 e. The number of aliphatic carboxylic acids is 1. The highest BCUT2D eigenvalue weighted by Gasteiger charge is 2.44. The first-order chi connectivity index (χ1) is 22.6. The van der Waals surface area contributed by atoms with Crippen LogP contribution in [-0.2, 0) is 36.0 Å². The van der Waals surface area contributed by atoms with Gasteiger partial charge < -0.3 is 31.1 Å². The molecule has 0 saturated carbocycles. The van der Waals surface area contributed by atoms with Crippen LogP contribution in [0.15, 0.2) is 32.4 Å². The number of thiazole rings is 1. The molecule has 4 amide bonds. The number of carboxylic acid groups (broad SMARTS) is 1. The predicted molar refractivity (Wildman–Crippen MR) is 171 cm³/mol. The molecule has 1 aliphatic heterocycles. The van der Waals surface area contributed by atoms with Crippen LogP contribution >= 0.6 is 11.3 Å². The quantitative estimate of drug-likeness (QED) is 0.0785. The predicted octanol–water partition coefficient (Wildman–Crippen LogP) is -1.01. The van der Waals surface area contributed by atoms with E-state index in [1.165, 1.54) is 19.2 Å². The Kier molecular flexibility index (Phi) is 9.72. The number of aromatic amines is 1. The van der Waals surface area contributed by atoms with Gasteiger partial charge in [0.15, 0.2) is 22.4 Å². The number of likely N-dealkylation sites (tertiary alicyclic amines) is 1. The number of nitrogens with two attached hydrogens (primary N) is 1. The number of hydrogen-bond acceptors (Lipinski definition) is 15. The van der Waals surface area contributed by atoms with Crippen LogP contribution in [0.3, 0.4) is 0 Å². The Labute approximate surface area is 280 Å². The van der Waals surface area contributed by atoms with E-state index in [0.29, 0.717) is 11.3 Å². The number of anilines is 1. The van der Waals surface area contributed by atoms with Crippen molar-refractivity contribution in [1.29, 1.82) is 0 Å². The van der Waals surface area contributed by atoms with E-state index in [2.05, 4.69) is 25.5 Å². The first kappa shape index (κ1) is 36.3. The van der Waals surface area contributed by atoms with Gasteiger partial charge in [-0.2, -0.15) is 8.42 Å². The van der Waals surface area contributed by atoms with Gasteiger partial charge in [-0.1, -0.05) is 30.0 Å². The van der Waals surface area contributed by atoms with Crippen LogP contribution in [0.1, 0.15) is 46.7 Å². The number of pyridine rings is 1. The number of aromatic hydroxyl groups is 1. The number of nitrogen functional groups attached to an aromatic ring is 1. The number of carboxylic acids is 1. The number of hydrogen-bond donors (Lipinski definition) is 6. The van der Waals surface area contributed by atoms with Crippen LogP contribution in [0.25, 0.3) is 11.5 Å². The minimum atomic E-state index is -5.09. The molecule has 1 saturated heterocycles. The summed E-state index contributed by atoms with van der Waals surface area (Å²) in [5, 5.41) is 30.0. The lowest BCUT2D eigenvalue weighted by Gasteiger charge is -2.36. The molecule has 23 heteroatoms. The molecular weight excluding hydrogens is 692 g/mol. The van der Waals surface area contributed by atoms with Crippen molar-refractivity contribution in [2.75, 3.05) is 12.3 Å². The molecule has 0 aliphatic carbocycles. The Morgan fingerprint density at radius 1 is 1.20 bits per heavy atom. The number of amides is 4. The van der Waals surface area contributed by atoms with Gasteiger partial charge in [0.1, 0.15) is 11.7 Å². The van der Waals surface area contributed by atoms with E-state index in [4.69, 9.17) is 10.6 Å². The van der Waals surface area contributed by atoms with E-state index < -0.39 is 74.8 Å². The van der Waals surface area contributed by atoms with E-state index in [1.807, 2.05) is 20.8 Å². The number of H-pyrrole nitrogens is 1. The Morgan fingerprint density at radius 3 is 2.43 bits per heavy atom. The van der Waals surface area contributed by atoms with Crippen LogP contribution in [-0.4, -0.2) is 95.0 Å². The van der Waals surface area contributed by atoms with Gasteiger partial charge in [-0.15, -0.1) is 16.4 Å². The maximum atomic E-state index is 13.3. The molecule has 1 fully saturated rings. The number of urea groups is 1. The third kappa shape index (κ3) is 7.94. The minimum absolute atomic E-state index is 0.0154. The zero-order chi connectivity index (χ0) is 36.6. The molecule has 1 aliphatic rings. The number of aromatic nitrogens is 5. The Balaban J connectivity index is 1.52. The van der Waals surface area contributed by atoms with Crippen molar-refractivity contribution in [3.8, 4) is 17.3 Å². The third-order valence-electron chi connectivity index (χ3n) is 6.84. The summed E-state index contributed by atoms with van der Waals surface area (Å²) in [6.07, 6.45) is 1.29. The van der Waals surface area contributed by atoms with Crippen molar-refractivity contribution in [2.24, 2.45) is 10.6 Å². The van der Waals surface area contributed by atoms with Crippen LogP contribution < -0.4 is 26.9 Å². The van der Waals surface area contributed by atoms with Gasteiger partial charge in [0, 0.05) is 24.2 Å². The summed E-state index contributed by atoms with van der Waals surface area (Å²) in [7, 11) is -5.09. The van der Waals surface area contributed by atoms with E-state index in [9.17, 15) is 47.4 Å². The van der Waals surface area contributed by atoms with Crippen molar-refractivity contribution < 1.29 is 42.6 Å². The summed E-state index contributed by atoms with van der Waals surface area (Å²) in [4.78, 5) is 87.3. The summed E-state index contributed by atoms with van der Waals surface area (Å²) < 4.78 is 28.9. The number of oxime groups is 1. The fourth-order valence-electron chi connectivity index (χ4n) is 3.93. The molecule has 4 heterocycles. The van der Waals surface area contributed by atoms with E-state index >= 15 is 0 Å². The Morgan fingerprint density at radius 2 is 1.88 bits per heavy atom. The van der Waals surface area contributed by atoms with Gasteiger partial charge in [-0.25, -0.2) is 24.1 Å². The lowest BCUT2D eigenvalue weighted by molar-refractivity contribution is -0.161. The van der Waals surface area contributed by atoms with Crippen LogP contribution in [0.5, 0.6) is 5.75 Å². The number of carbonyl (C=O) groups excluding carboxylic acids is 3. The zero-order valence-electron chi connectivity index (χ0n) is 26.6. The monoisotopic (exact) mass is 724 g/mol. The fourth-order valence-corrected chi connectivity index (χ4v) is 5.38. The first-order valence-electron chi connectivity index (χ1n) is 14.1. The molecule has 21 nitrogen and oxygen atoms in total. The molecule has 264 valence electrons. The molecule has 3 aromatic heterocycles. The van der Waals surface area contributed by atoms with Gasteiger partial charge in [0.2, 0.25) is 11.0 Å². The summed E-state index contributed by atoms with van der Waals surface area (Å²) in [5.41, 5.74) is 0.677. The van der Waals surface area contributed by atoms with Crippen LogP contribution in [0.4, 0.5) is 9.93 Å². The average Bonchev–Trinajstić information content (AvgIpc) is 3.57. The number of nitrogens with zero attached hydrogens (tertiary/aromatic N) is 6. The number of nitrogens with one attached hydrogen (secondary N) is 3. The number of carbonyl (C=O) groups is 4. The molecule has 0 unspecified atom stereocenters. The normalized spacial score (nSPS) is 15.4. The molecule has 49 heavy (non-hydrogen) atoms. The highest BCUT2D eigenvalue weighted by molar-refractivity contribution is 7.88. The summed E-state index contributed by atoms with van der Waals surface area (Å²) in [6.45, 7) is 7.39. The SMILES string of the molecule is CC(C)(C)CCn1c(-c2cc(=O)c(O)c[nH]2)nn(S(=O)(=O)NC(=O)N2C[C@H](NC(=O)C(=NOC(C)(C)C(=O)O)c3csc(N)n3)C2=O)c1=O. The molecule has 0 spiro atoms. The van der Waals surface area contributed by atoms with Gasteiger partial charge in [-0.3, -0.25) is 23.9 Å². The molecule has 0 bridgehead atoms. The minimum Gasteiger partial charge on any atom is -0.503 e. The topological polar surface area (TPSA) is 303 Å². The number of rotatable bonds is 11. The number of β-lactam (4-membered cyclic amide) rings is 1. The second kappa shape index (κ2) is 13.1. The molecule has 7 N–H and O–H groups in total. The highest BCUT2D eigenvalue weighted by atomic mass is 32.2. The number of imide groups is 1. The van der Waals surface area contributed by atoms with E-state index in [1.54, 1.807) is 4.72 Å². The van der Waals surface area contributed by atoms with Crippen molar-refractivity contribution in [2.45, 2.75) is 59.2 Å². The van der Waals surface area contributed by atoms with Gasteiger partial charge in [-0.05, 0) is 25.7 Å². The summed E-state index contributed by atoms with van der Waals surface area (Å²) in [6, 6.07) is -1.92. The van der Waals surface area contributed by atoms with Gasteiger partial charge in [0.05, 0.1) is 12.2 Å². The maximum Gasteiger partial charge on any atom is 0.362 e. The van der Waals surface area contributed by atoms with Crippen molar-refractivity contribution in [1.82, 2.24) is 38.7 Å². The Bertz CT molecular complexity index is 2090.